The van der Waals surface area contributed by atoms with E-state index in [2.05, 4.69) is 10.5 Å². The van der Waals surface area contributed by atoms with Crippen LogP contribution in [-0.2, 0) is 6.54 Å². The van der Waals surface area contributed by atoms with Crippen molar-refractivity contribution in [1.82, 2.24) is 0 Å². The van der Waals surface area contributed by atoms with Gasteiger partial charge in [0.25, 0.3) is 0 Å². The molecule has 0 unspecified atom stereocenters. The Morgan fingerprint density at radius 3 is 2.62 bits per heavy atom. The van der Waals surface area contributed by atoms with E-state index in [1.165, 1.54) is 6.07 Å². The molecule has 0 saturated heterocycles. The zero-order valence-corrected chi connectivity index (χ0v) is 12.3. The fraction of sp³-hybridized carbons (Fsp3) is 0.0714. The Hall–Kier alpha value is -1.98. The predicted molar refractivity (Wildman–Crippen MR) is 82.7 cm³/mol. The van der Waals surface area contributed by atoms with Gasteiger partial charge in [0.05, 0.1) is 5.69 Å². The summed E-state index contributed by atoms with van der Waals surface area (Å²) in [6.07, 6.45) is 0. The van der Waals surface area contributed by atoms with Crippen molar-refractivity contribution in [1.29, 1.82) is 0 Å². The predicted octanol–water partition coefficient (Wildman–Crippen LogP) is 3.84. The molecule has 0 spiro atoms. The number of amidine groups is 1. The highest BCUT2D eigenvalue weighted by molar-refractivity contribution is 6.31. The van der Waals surface area contributed by atoms with E-state index in [0.29, 0.717) is 27.8 Å². The second-order valence-electron chi connectivity index (χ2n) is 4.27. The van der Waals surface area contributed by atoms with Gasteiger partial charge >= 0.3 is 0 Å². The zero-order chi connectivity index (χ0) is 15.4. The van der Waals surface area contributed by atoms with Crippen molar-refractivity contribution < 1.29 is 9.60 Å². The van der Waals surface area contributed by atoms with Crippen LogP contribution in [0, 0.1) is 5.82 Å². The number of halogens is 3. The highest BCUT2D eigenvalue weighted by Crippen LogP contribution is 2.22. The van der Waals surface area contributed by atoms with Crippen LogP contribution < -0.4 is 11.1 Å². The van der Waals surface area contributed by atoms with Crippen LogP contribution >= 0.6 is 23.2 Å². The van der Waals surface area contributed by atoms with Crippen LogP contribution in [0.3, 0.4) is 0 Å². The van der Waals surface area contributed by atoms with Gasteiger partial charge in [0.15, 0.2) is 5.84 Å². The summed E-state index contributed by atoms with van der Waals surface area (Å²) in [6.45, 7) is 0.327. The molecule has 2 aromatic rings. The molecule has 0 heterocycles. The molecule has 0 aliphatic rings. The van der Waals surface area contributed by atoms with E-state index in [1.54, 1.807) is 30.3 Å². The van der Waals surface area contributed by atoms with Crippen molar-refractivity contribution in [3.8, 4) is 0 Å². The number of rotatable bonds is 4. The normalized spacial score (nSPS) is 11.5. The topological polar surface area (TPSA) is 70.6 Å². The third kappa shape index (κ3) is 3.77. The van der Waals surface area contributed by atoms with E-state index < -0.39 is 5.82 Å². The molecule has 0 bridgehead atoms. The van der Waals surface area contributed by atoms with Crippen LogP contribution in [0.4, 0.5) is 10.1 Å². The molecule has 2 aromatic carbocycles. The van der Waals surface area contributed by atoms with E-state index in [-0.39, 0.29) is 5.84 Å². The molecule has 4 N–H and O–H groups in total. The first-order chi connectivity index (χ1) is 10.0. The molecular formula is C14H12Cl2FN3O. The minimum absolute atomic E-state index is 0.0276. The third-order valence-corrected chi connectivity index (χ3v) is 3.44. The van der Waals surface area contributed by atoms with Crippen LogP contribution in [0.15, 0.2) is 41.6 Å². The summed E-state index contributed by atoms with van der Waals surface area (Å²) in [6, 6.07) is 9.33. The summed E-state index contributed by atoms with van der Waals surface area (Å²) in [5.41, 5.74) is 7.06. The van der Waals surface area contributed by atoms with Crippen molar-refractivity contribution in [2.24, 2.45) is 10.9 Å². The summed E-state index contributed by atoms with van der Waals surface area (Å²) < 4.78 is 13.6. The summed E-state index contributed by atoms with van der Waals surface area (Å²) in [4.78, 5) is 0. The van der Waals surface area contributed by atoms with Gasteiger partial charge in [-0.25, -0.2) is 4.39 Å². The molecule has 0 radical (unpaired) electrons. The van der Waals surface area contributed by atoms with E-state index in [0.717, 1.165) is 5.56 Å². The zero-order valence-electron chi connectivity index (χ0n) is 10.8. The molecule has 0 fully saturated rings. The number of nitrogens with two attached hydrogens (primary N) is 1. The Morgan fingerprint density at radius 1 is 1.24 bits per heavy atom. The average molecular weight is 328 g/mol. The van der Waals surface area contributed by atoms with Gasteiger partial charge in [-0.1, -0.05) is 40.5 Å². The molecule has 21 heavy (non-hydrogen) atoms. The van der Waals surface area contributed by atoms with E-state index >= 15 is 0 Å². The molecule has 0 amide bonds. The SMILES string of the molecule is N/C(=N/O)c1ccc(CNc2ccc(Cl)cc2F)c(Cl)c1. The molecule has 0 aromatic heterocycles. The lowest BCUT2D eigenvalue weighted by molar-refractivity contribution is 0.318. The molecule has 4 nitrogen and oxygen atoms in total. The van der Waals surface area contributed by atoms with Crippen LogP contribution in [0.1, 0.15) is 11.1 Å². The highest BCUT2D eigenvalue weighted by Gasteiger charge is 2.07. The van der Waals surface area contributed by atoms with Gasteiger partial charge in [-0.2, -0.15) is 0 Å². The number of oxime groups is 1. The molecule has 0 aliphatic heterocycles. The fourth-order valence-corrected chi connectivity index (χ4v) is 2.14. The third-order valence-electron chi connectivity index (χ3n) is 2.86. The van der Waals surface area contributed by atoms with Gasteiger partial charge in [-0.15, -0.1) is 0 Å². The molecule has 0 saturated carbocycles. The van der Waals surface area contributed by atoms with Gasteiger partial charge in [0.2, 0.25) is 0 Å². The van der Waals surface area contributed by atoms with E-state index in [4.69, 9.17) is 34.1 Å². The quantitative estimate of drug-likeness (QED) is 0.346. The largest absolute Gasteiger partial charge is 0.409 e. The Bertz CT molecular complexity index is 692. The van der Waals surface area contributed by atoms with Gasteiger partial charge in [-0.05, 0) is 29.8 Å². The number of nitrogens with zero attached hydrogens (tertiary/aromatic N) is 1. The fourth-order valence-electron chi connectivity index (χ4n) is 1.73. The minimum Gasteiger partial charge on any atom is -0.409 e. The summed E-state index contributed by atoms with van der Waals surface area (Å²) in [7, 11) is 0. The molecule has 110 valence electrons. The second-order valence-corrected chi connectivity index (χ2v) is 5.11. The lowest BCUT2D eigenvalue weighted by atomic mass is 10.1. The Labute approximate surface area is 131 Å². The Balaban J connectivity index is 2.13. The molecule has 0 atom stereocenters. The average Bonchev–Trinajstić information content (AvgIpc) is 2.46. The van der Waals surface area contributed by atoms with Crippen molar-refractivity contribution in [3.05, 3.63) is 63.4 Å². The summed E-state index contributed by atoms with van der Waals surface area (Å²) in [5.74, 6) is -0.466. The lowest BCUT2D eigenvalue weighted by Gasteiger charge is -2.10. The highest BCUT2D eigenvalue weighted by atomic mass is 35.5. The van der Waals surface area contributed by atoms with Gasteiger partial charge < -0.3 is 16.3 Å². The van der Waals surface area contributed by atoms with E-state index in [9.17, 15) is 4.39 Å². The van der Waals surface area contributed by atoms with Crippen LogP contribution in [0.25, 0.3) is 0 Å². The number of hydrogen-bond donors (Lipinski definition) is 3. The number of nitrogens with one attached hydrogen (secondary N) is 1. The summed E-state index contributed by atoms with van der Waals surface area (Å²) in [5, 5.41) is 15.2. The first kappa shape index (κ1) is 15.4. The van der Waals surface area contributed by atoms with Crippen molar-refractivity contribution in [2.75, 3.05) is 5.32 Å². The monoisotopic (exact) mass is 327 g/mol. The number of benzene rings is 2. The maximum atomic E-state index is 13.6. The Morgan fingerprint density at radius 2 is 2.00 bits per heavy atom. The molecular weight excluding hydrogens is 316 g/mol. The summed E-state index contributed by atoms with van der Waals surface area (Å²) >= 11 is 11.8. The van der Waals surface area contributed by atoms with Crippen molar-refractivity contribution in [2.45, 2.75) is 6.54 Å². The lowest BCUT2D eigenvalue weighted by Crippen LogP contribution is -2.13. The maximum absolute atomic E-state index is 13.6. The van der Waals surface area contributed by atoms with Crippen LogP contribution in [0.5, 0.6) is 0 Å². The Kier molecular flexibility index (Phi) is 4.88. The molecule has 2 rings (SSSR count). The van der Waals surface area contributed by atoms with Gasteiger partial charge in [0.1, 0.15) is 5.82 Å². The second kappa shape index (κ2) is 6.65. The molecule has 7 heteroatoms. The first-order valence-electron chi connectivity index (χ1n) is 5.96. The van der Waals surface area contributed by atoms with Crippen LogP contribution in [-0.4, -0.2) is 11.0 Å². The standard InChI is InChI=1S/C14H12Cl2FN3O/c15-10-3-4-13(12(17)6-10)19-7-9-2-1-8(5-11(9)16)14(18)20-21/h1-6,19,21H,7H2,(H2,18,20). The minimum atomic E-state index is -0.438. The number of hydrogen-bond acceptors (Lipinski definition) is 3. The van der Waals surface area contributed by atoms with Gasteiger partial charge in [-0.3, -0.25) is 0 Å². The van der Waals surface area contributed by atoms with Gasteiger partial charge in [0, 0.05) is 22.2 Å². The maximum Gasteiger partial charge on any atom is 0.170 e. The first-order valence-corrected chi connectivity index (χ1v) is 6.72. The molecule has 0 aliphatic carbocycles. The van der Waals surface area contributed by atoms with Crippen LogP contribution in [0.2, 0.25) is 10.0 Å². The van der Waals surface area contributed by atoms with E-state index in [1.807, 2.05) is 0 Å². The smallest absolute Gasteiger partial charge is 0.170 e. The van der Waals surface area contributed by atoms with Crippen molar-refractivity contribution >= 4 is 34.7 Å². The number of anilines is 1. The van der Waals surface area contributed by atoms with Crippen molar-refractivity contribution in [3.63, 3.8) is 0 Å².